The maximum atomic E-state index is 11.5. The van der Waals surface area contributed by atoms with Crippen LogP contribution in [0.15, 0.2) is 15.5 Å². The molecule has 0 aliphatic heterocycles. The van der Waals surface area contributed by atoms with E-state index in [2.05, 4.69) is 15.9 Å². The summed E-state index contributed by atoms with van der Waals surface area (Å²) >= 11 is 3.11. The van der Waals surface area contributed by atoms with Gasteiger partial charge in [0.15, 0.2) is 0 Å². The number of aryl methyl sites for hydroxylation is 1. The van der Waals surface area contributed by atoms with Crippen molar-refractivity contribution < 1.29 is 9.90 Å². The second-order valence-electron chi connectivity index (χ2n) is 2.90. The summed E-state index contributed by atoms with van der Waals surface area (Å²) in [5, 5.41) is 8.74. The number of aromatic carboxylic acids is 1. The standard InChI is InChI=1S/C9H10BrNO3/c1-3-6-7(10)8(12)5(9(13)14)4-11(6)2/h4H,3H2,1-2H3,(H,13,14). The van der Waals surface area contributed by atoms with E-state index in [1.807, 2.05) is 6.92 Å². The van der Waals surface area contributed by atoms with Crippen molar-refractivity contribution in [1.29, 1.82) is 0 Å². The minimum Gasteiger partial charge on any atom is -0.477 e. The fourth-order valence-corrected chi connectivity index (χ4v) is 2.06. The van der Waals surface area contributed by atoms with Crippen LogP contribution < -0.4 is 5.43 Å². The topological polar surface area (TPSA) is 59.3 Å². The zero-order valence-electron chi connectivity index (χ0n) is 7.87. The Balaban J connectivity index is 3.56. The Kier molecular flexibility index (Phi) is 3.10. The van der Waals surface area contributed by atoms with Gasteiger partial charge in [0.05, 0.1) is 4.47 Å². The molecule has 0 aliphatic rings. The lowest BCUT2D eigenvalue weighted by Crippen LogP contribution is -2.20. The van der Waals surface area contributed by atoms with Crippen molar-refractivity contribution in [2.45, 2.75) is 13.3 Å². The van der Waals surface area contributed by atoms with Gasteiger partial charge in [0.2, 0.25) is 5.43 Å². The van der Waals surface area contributed by atoms with Gasteiger partial charge in [0, 0.05) is 18.9 Å². The third-order valence-electron chi connectivity index (χ3n) is 2.01. The number of carboxylic acid groups (broad SMARTS) is 1. The summed E-state index contributed by atoms with van der Waals surface area (Å²) in [5.74, 6) is -1.20. The minimum atomic E-state index is -1.20. The first kappa shape index (κ1) is 11.0. The SMILES string of the molecule is CCc1c(Br)c(=O)c(C(=O)O)cn1C. The van der Waals surface area contributed by atoms with Gasteiger partial charge in [-0.25, -0.2) is 4.79 Å². The van der Waals surface area contributed by atoms with Gasteiger partial charge >= 0.3 is 5.97 Å². The molecule has 0 aliphatic carbocycles. The van der Waals surface area contributed by atoms with Crippen LogP contribution in [0.5, 0.6) is 0 Å². The van der Waals surface area contributed by atoms with Crippen molar-refractivity contribution in [1.82, 2.24) is 4.57 Å². The average molecular weight is 260 g/mol. The summed E-state index contributed by atoms with van der Waals surface area (Å²) in [7, 11) is 1.72. The second-order valence-corrected chi connectivity index (χ2v) is 3.70. The van der Waals surface area contributed by atoms with Crippen LogP contribution in [0.25, 0.3) is 0 Å². The van der Waals surface area contributed by atoms with Gasteiger partial charge < -0.3 is 9.67 Å². The van der Waals surface area contributed by atoms with Crippen molar-refractivity contribution in [2.75, 3.05) is 0 Å². The molecule has 0 radical (unpaired) electrons. The largest absolute Gasteiger partial charge is 0.477 e. The third kappa shape index (κ3) is 1.72. The third-order valence-corrected chi connectivity index (χ3v) is 2.83. The van der Waals surface area contributed by atoms with E-state index in [0.29, 0.717) is 10.9 Å². The molecule has 0 aromatic carbocycles. The van der Waals surface area contributed by atoms with Crippen LogP contribution in [0.4, 0.5) is 0 Å². The minimum absolute atomic E-state index is 0.212. The Morgan fingerprint density at radius 2 is 2.21 bits per heavy atom. The van der Waals surface area contributed by atoms with Crippen LogP contribution in [-0.4, -0.2) is 15.6 Å². The van der Waals surface area contributed by atoms with E-state index in [1.165, 1.54) is 6.20 Å². The zero-order chi connectivity index (χ0) is 10.9. The van der Waals surface area contributed by atoms with Crippen LogP contribution in [0.3, 0.4) is 0 Å². The van der Waals surface area contributed by atoms with Gasteiger partial charge in [-0.1, -0.05) is 6.92 Å². The van der Waals surface area contributed by atoms with E-state index < -0.39 is 11.4 Å². The molecule has 0 spiro atoms. The maximum absolute atomic E-state index is 11.5. The highest BCUT2D eigenvalue weighted by Crippen LogP contribution is 2.13. The molecule has 14 heavy (non-hydrogen) atoms. The van der Waals surface area contributed by atoms with E-state index in [9.17, 15) is 9.59 Å². The summed E-state index contributed by atoms with van der Waals surface area (Å²) in [6.07, 6.45) is 2.01. The molecule has 0 amide bonds. The normalized spacial score (nSPS) is 10.2. The Morgan fingerprint density at radius 3 is 2.64 bits per heavy atom. The molecule has 1 N–H and O–H groups in total. The van der Waals surface area contributed by atoms with Crippen LogP contribution >= 0.6 is 15.9 Å². The van der Waals surface area contributed by atoms with Crippen molar-refractivity contribution in [3.05, 3.63) is 32.2 Å². The molecule has 0 bridgehead atoms. The molecule has 1 aromatic rings. The highest BCUT2D eigenvalue weighted by atomic mass is 79.9. The number of hydrogen-bond donors (Lipinski definition) is 1. The van der Waals surface area contributed by atoms with Crippen molar-refractivity contribution in [3.8, 4) is 0 Å². The number of halogens is 1. The predicted molar refractivity (Wildman–Crippen MR) is 55.7 cm³/mol. The molecule has 5 heteroatoms. The lowest BCUT2D eigenvalue weighted by molar-refractivity contribution is 0.0694. The van der Waals surface area contributed by atoms with E-state index in [0.717, 1.165) is 5.69 Å². The summed E-state index contributed by atoms with van der Waals surface area (Å²) in [6.45, 7) is 1.90. The molecule has 0 saturated carbocycles. The molecular formula is C9H10BrNO3. The number of carboxylic acids is 1. The molecule has 0 unspecified atom stereocenters. The number of pyridine rings is 1. The number of rotatable bonds is 2. The molecular weight excluding hydrogens is 250 g/mol. The van der Waals surface area contributed by atoms with Gasteiger partial charge in [0.25, 0.3) is 0 Å². The molecule has 1 heterocycles. The first-order chi connectivity index (χ1) is 6.49. The molecule has 4 nitrogen and oxygen atoms in total. The van der Waals surface area contributed by atoms with Gasteiger partial charge in [-0.3, -0.25) is 4.79 Å². The second kappa shape index (κ2) is 3.96. The Bertz CT molecular complexity index is 436. The smallest absolute Gasteiger partial charge is 0.341 e. The van der Waals surface area contributed by atoms with Crippen LogP contribution in [-0.2, 0) is 13.5 Å². The molecule has 76 valence electrons. The molecule has 0 fully saturated rings. The average Bonchev–Trinajstić information content (AvgIpc) is 2.12. The maximum Gasteiger partial charge on any atom is 0.341 e. The van der Waals surface area contributed by atoms with Gasteiger partial charge in [-0.05, 0) is 22.4 Å². The van der Waals surface area contributed by atoms with Crippen molar-refractivity contribution >= 4 is 21.9 Å². The van der Waals surface area contributed by atoms with E-state index in [1.54, 1.807) is 11.6 Å². The quantitative estimate of drug-likeness (QED) is 0.874. The monoisotopic (exact) mass is 259 g/mol. The zero-order valence-corrected chi connectivity index (χ0v) is 9.46. The van der Waals surface area contributed by atoms with Crippen molar-refractivity contribution in [3.63, 3.8) is 0 Å². The van der Waals surface area contributed by atoms with Gasteiger partial charge in [-0.15, -0.1) is 0 Å². The highest BCUT2D eigenvalue weighted by Gasteiger charge is 2.15. The fraction of sp³-hybridized carbons (Fsp3) is 0.333. The number of aromatic nitrogens is 1. The van der Waals surface area contributed by atoms with Gasteiger partial charge in [0.1, 0.15) is 5.56 Å². The summed E-state index contributed by atoms with van der Waals surface area (Å²) in [5.41, 5.74) is 0.115. The van der Waals surface area contributed by atoms with Crippen LogP contribution in [0.1, 0.15) is 23.0 Å². The summed E-state index contributed by atoms with van der Waals surface area (Å²) < 4.78 is 1.98. The van der Waals surface area contributed by atoms with Crippen molar-refractivity contribution in [2.24, 2.45) is 7.05 Å². The van der Waals surface area contributed by atoms with Gasteiger partial charge in [-0.2, -0.15) is 0 Å². The van der Waals surface area contributed by atoms with E-state index in [4.69, 9.17) is 5.11 Å². The first-order valence-electron chi connectivity index (χ1n) is 4.10. The summed E-state index contributed by atoms with van der Waals surface area (Å²) in [6, 6.07) is 0. The van der Waals surface area contributed by atoms with E-state index >= 15 is 0 Å². The highest BCUT2D eigenvalue weighted by molar-refractivity contribution is 9.10. The molecule has 1 rings (SSSR count). The summed E-state index contributed by atoms with van der Waals surface area (Å²) in [4.78, 5) is 22.2. The molecule has 0 atom stereocenters. The van der Waals surface area contributed by atoms with Crippen LogP contribution in [0, 0.1) is 0 Å². The van der Waals surface area contributed by atoms with E-state index in [-0.39, 0.29) is 5.56 Å². The number of carbonyl (C=O) groups is 1. The first-order valence-corrected chi connectivity index (χ1v) is 4.89. The lowest BCUT2D eigenvalue weighted by Gasteiger charge is -2.09. The Hall–Kier alpha value is -1.10. The number of hydrogen-bond acceptors (Lipinski definition) is 2. The van der Waals surface area contributed by atoms with Crippen LogP contribution in [0.2, 0.25) is 0 Å². The lowest BCUT2D eigenvalue weighted by atomic mass is 10.2. The number of nitrogens with zero attached hydrogens (tertiary/aromatic N) is 1. The molecule has 1 aromatic heterocycles. The fourth-order valence-electron chi connectivity index (χ4n) is 1.29. The predicted octanol–water partition coefficient (Wildman–Crippen LogP) is 1.41. The Labute approximate surface area is 89.3 Å². The Morgan fingerprint density at radius 1 is 1.64 bits per heavy atom. The molecule has 0 saturated heterocycles.